The van der Waals surface area contributed by atoms with Gasteiger partial charge in [-0.2, -0.15) is 0 Å². The van der Waals surface area contributed by atoms with Crippen molar-refractivity contribution in [1.82, 2.24) is 51.5 Å². The van der Waals surface area contributed by atoms with Crippen molar-refractivity contribution >= 4 is 58.4 Å². The fourth-order valence-corrected chi connectivity index (χ4v) is 12.9. The molecule has 4 fully saturated rings. The molecule has 14 N–H and O–H groups in total. The van der Waals surface area contributed by atoms with Crippen LogP contribution in [-0.2, 0) is 39.9 Å². The number of aliphatic hydroxyl groups is 6. The molecule has 1 aromatic heterocycles. The summed E-state index contributed by atoms with van der Waals surface area (Å²) in [6.07, 6.45) is -5.77. The second-order valence-electron chi connectivity index (χ2n) is 24.2. The summed E-state index contributed by atoms with van der Waals surface area (Å²) in [6, 6.07) is 7.59. The van der Waals surface area contributed by atoms with Gasteiger partial charge in [0.1, 0.15) is 46.3 Å². The number of carbonyl (C=O) groups is 7. The molecular weight excluding hydrogens is 1210 g/mol. The van der Waals surface area contributed by atoms with Crippen molar-refractivity contribution in [3.05, 3.63) is 77.9 Å². The molecule has 502 valence electrons. The number of aromatic hydroxyl groups is 1. The monoisotopic (exact) mass is 1300 g/mol. The molecule has 29 heteroatoms. The maximum Gasteiger partial charge on any atom is 0.251 e. The largest absolute Gasteiger partial charge is 0.504 e. The zero-order valence-corrected chi connectivity index (χ0v) is 53.1. The lowest BCUT2D eigenvalue weighted by Crippen LogP contribution is -2.64. The van der Waals surface area contributed by atoms with Gasteiger partial charge in [-0.25, -0.2) is 0 Å². The SMILES string of the molecule is COCCCCCCCN1CCN(c2ccc(-c3nnc(-c4ccc(C(=O)N[C@H]5C[C@@H](O)CNC(=O)[C@@H]6[C@@H](O)[C@@H](C)CN6C(=O)[C@H]([C@H](O)CCN)NC(=O)[C@H]([C@H](O)Cc6ccc(O)c(OC)c6)NC(=O)[C@@H]6C[C@@H](O)CN6C(=O)[C@H]([C@@H](C)O)NC5=O)cc4)s3)cc2)CC1. The number of phenols is 1. The molecule has 13 atom stereocenters. The van der Waals surface area contributed by atoms with E-state index in [-0.39, 0.29) is 42.1 Å². The average Bonchev–Trinajstić information content (AvgIpc) is 1.75. The minimum atomic E-state index is -2.02. The van der Waals surface area contributed by atoms with E-state index in [0.717, 1.165) is 73.7 Å². The molecule has 8 rings (SSSR count). The number of amides is 7. The molecule has 0 radical (unpaired) electrons. The van der Waals surface area contributed by atoms with Crippen LogP contribution < -0.4 is 42.0 Å². The molecular formula is C63H88N12O16S. The quantitative estimate of drug-likeness (QED) is 0.0427. The van der Waals surface area contributed by atoms with Crippen LogP contribution >= 0.6 is 11.3 Å². The number of fused-ring (bicyclic) bond motifs is 2. The Labute approximate surface area is 537 Å². The summed E-state index contributed by atoms with van der Waals surface area (Å²) >= 11 is 1.35. The van der Waals surface area contributed by atoms with Gasteiger partial charge in [0.25, 0.3) is 5.91 Å². The first-order valence-electron chi connectivity index (χ1n) is 31.3. The molecule has 0 unspecified atom stereocenters. The average molecular weight is 1300 g/mol. The van der Waals surface area contributed by atoms with Gasteiger partial charge in [0.2, 0.25) is 35.4 Å². The third-order valence-electron chi connectivity index (χ3n) is 17.4. The summed E-state index contributed by atoms with van der Waals surface area (Å²) in [4.78, 5) is 108. The Morgan fingerprint density at radius 1 is 0.728 bits per heavy atom. The molecule has 4 saturated heterocycles. The minimum Gasteiger partial charge on any atom is -0.504 e. The number of rotatable bonds is 21. The number of ether oxygens (including phenoxy) is 2. The predicted octanol–water partition coefficient (Wildman–Crippen LogP) is -1.40. The molecule has 5 heterocycles. The van der Waals surface area contributed by atoms with Crippen molar-refractivity contribution in [2.75, 3.05) is 84.6 Å². The number of carbonyl (C=O) groups excluding carboxylic acids is 7. The van der Waals surface area contributed by atoms with Gasteiger partial charge in [0.15, 0.2) is 11.5 Å². The predicted molar refractivity (Wildman–Crippen MR) is 338 cm³/mol. The van der Waals surface area contributed by atoms with Crippen LogP contribution in [0.15, 0.2) is 66.7 Å². The van der Waals surface area contributed by atoms with Crippen molar-refractivity contribution in [1.29, 1.82) is 0 Å². The Morgan fingerprint density at radius 2 is 1.36 bits per heavy atom. The van der Waals surface area contributed by atoms with Crippen LogP contribution in [0.3, 0.4) is 0 Å². The van der Waals surface area contributed by atoms with Crippen molar-refractivity contribution < 1.29 is 78.8 Å². The van der Waals surface area contributed by atoms with Crippen LogP contribution in [0.2, 0.25) is 0 Å². The number of aliphatic hydroxyl groups excluding tert-OH is 6. The smallest absolute Gasteiger partial charge is 0.251 e. The number of phenolic OH excluding ortho intramolecular Hbond substituents is 1. The van der Waals surface area contributed by atoms with Gasteiger partial charge in [0.05, 0.1) is 43.7 Å². The van der Waals surface area contributed by atoms with E-state index >= 15 is 0 Å². The normalized spacial score (nSPS) is 26.0. The summed E-state index contributed by atoms with van der Waals surface area (Å²) in [5.74, 6) is -8.51. The highest BCUT2D eigenvalue weighted by Crippen LogP contribution is 2.33. The zero-order chi connectivity index (χ0) is 66.3. The van der Waals surface area contributed by atoms with Crippen molar-refractivity contribution in [3.8, 4) is 32.6 Å². The number of nitrogens with two attached hydrogens (primary N) is 1. The number of hydrogen-bond acceptors (Lipinski definition) is 22. The van der Waals surface area contributed by atoms with Gasteiger partial charge in [-0.05, 0) is 93.4 Å². The Bertz CT molecular complexity index is 3150. The Balaban J connectivity index is 1.01. The van der Waals surface area contributed by atoms with E-state index < -0.39 is 152 Å². The summed E-state index contributed by atoms with van der Waals surface area (Å²) in [6.45, 7) is 6.84. The van der Waals surface area contributed by atoms with E-state index in [9.17, 15) is 69.3 Å². The van der Waals surface area contributed by atoms with Crippen LogP contribution in [0.5, 0.6) is 11.5 Å². The summed E-state index contributed by atoms with van der Waals surface area (Å²) in [5, 5.41) is 101. The van der Waals surface area contributed by atoms with E-state index in [1.807, 2.05) is 12.1 Å². The van der Waals surface area contributed by atoms with Crippen molar-refractivity contribution in [2.24, 2.45) is 11.7 Å². The summed E-state index contributed by atoms with van der Waals surface area (Å²) in [7, 11) is 3.02. The number of nitrogens with one attached hydrogen (secondary N) is 5. The van der Waals surface area contributed by atoms with E-state index in [1.165, 1.54) is 74.5 Å². The molecule has 0 aliphatic carbocycles. The Kier molecular flexibility index (Phi) is 25.2. The molecule has 4 aliphatic rings. The number of aromatic nitrogens is 2. The van der Waals surface area contributed by atoms with Gasteiger partial charge in [-0.15, -0.1) is 10.2 Å². The molecule has 0 spiro atoms. The van der Waals surface area contributed by atoms with Crippen molar-refractivity contribution in [2.45, 2.75) is 145 Å². The zero-order valence-electron chi connectivity index (χ0n) is 52.3. The molecule has 7 amide bonds. The summed E-state index contributed by atoms with van der Waals surface area (Å²) in [5.41, 5.74) is 8.76. The number of anilines is 1. The molecule has 0 saturated carbocycles. The van der Waals surface area contributed by atoms with Crippen molar-refractivity contribution in [3.63, 3.8) is 0 Å². The lowest BCUT2D eigenvalue weighted by molar-refractivity contribution is -0.147. The van der Waals surface area contributed by atoms with E-state index in [2.05, 4.69) is 58.7 Å². The highest BCUT2D eigenvalue weighted by molar-refractivity contribution is 7.17. The highest BCUT2D eigenvalue weighted by atomic mass is 32.1. The molecule has 3 aromatic carbocycles. The molecule has 0 bridgehead atoms. The van der Waals surface area contributed by atoms with Crippen LogP contribution in [0.4, 0.5) is 5.69 Å². The van der Waals surface area contributed by atoms with Gasteiger partial charge in [0, 0.05) is 107 Å². The minimum absolute atomic E-state index is 0.00252. The van der Waals surface area contributed by atoms with Gasteiger partial charge in [-0.3, -0.25) is 38.5 Å². The number of benzene rings is 3. The molecule has 4 aliphatic heterocycles. The number of unbranched alkanes of at least 4 members (excludes halogenated alkanes) is 4. The first-order valence-corrected chi connectivity index (χ1v) is 32.2. The Hall–Kier alpha value is -7.45. The van der Waals surface area contributed by atoms with Crippen LogP contribution in [0, 0.1) is 5.92 Å². The van der Waals surface area contributed by atoms with Crippen LogP contribution in [-0.4, -0.2) is 255 Å². The highest BCUT2D eigenvalue weighted by Gasteiger charge is 2.50. The number of methoxy groups -OCH3 is 2. The lowest BCUT2D eigenvalue weighted by atomic mass is 9.98. The van der Waals surface area contributed by atoms with E-state index in [4.69, 9.17) is 15.2 Å². The van der Waals surface area contributed by atoms with E-state index in [0.29, 0.717) is 15.6 Å². The first kappa shape index (κ1) is 70.4. The molecule has 92 heavy (non-hydrogen) atoms. The van der Waals surface area contributed by atoms with Gasteiger partial charge < -0.3 is 92.2 Å². The van der Waals surface area contributed by atoms with E-state index in [1.54, 1.807) is 26.2 Å². The third-order valence-corrected chi connectivity index (χ3v) is 18.4. The van der Waals surface area contributed by atoms with Crippen LogP contribution in [0.25, 0.3) is 21.1 Å². The fourth-order valence-electron chi connectivity index (χ4n) is 12.1. The topological polar surface area (TPSA) is 404 Å². The number of piperazine rings is 1. The van der Waals surface area contributed by atoms with Crippen LogP contribution in [0.1, 0.15) is 81.1 Å². The number of β-amino-alcohol motifs (C(OH)–C–C–N with tert-alkyl or cyclic N) is 1. The number of hydrogen-bond donors (Lipinski definition) is 13. The van der Waals surface area contributed by atoms with Gasteiger partial charge in [-0.1, -0.05) is 55.7 Å². The molecule has 4 aromatic rings. The number of nitrogens with zero attached hydrogens (tertiary/aromatic N) is 6. The fraction of sp³-hybridized carbons (Fsp3) is 0.571. The standard InChI is InChI=1S/C63H88N12O16S/c1-35-33-75-53(54(35)82)59(87)65-32-42(77)30-44(66-55(83)38-11-13-39(14-12-38)60-70-71-61(92-60)40-15-17-41(18-16-40)73-25-23-72(24-26-73)22-8-6-5-7-9-27-90-3)56(84)67-50(36(2)76)62(88)74-34-43(78)31-45(74)57(85)68-51(58(86)69-52(63(75)89)47(80)20-21-64)48(81)28-37-10-19-46(79)49(29-37)91-4/h10-19,29,35-36,42-45,47-48,50-54,76-82H,5-9,20-28,30-34,64H2,1-4H3,(H,65,87)(H,66,83)(H,67,84)(H,68,85)(H,69,86)/t35-,36+,42+,43+,44-,45-,47+,48+,50-,51-,52-,53-,54-/m0/s1. The summed E-state index contributed by atoms with van der Waals surface area (Å²) < 4.78 is 10.4. The second-order valence-corrected chi connectivity index (χ2v) is 25.2. The second kappa shape index (κ2) is 32.9. The maximum atomic E-state index is 14.7. The Morgan fingerprint density at radius 3 is 2.01 bits per heavy atom. The maximum absolute atomic E-state index is 14.7. The lowest BCUT2D eigenvalue weighted by Gasteiger charge is -2.36. The first-order chi connectivity index (χ1) is 44.1. The third kappa shape index (κ3) is 17.8. The molecule has 28 nitrogen and oxygen atoms in total. The van der Waals surface area contributed by atoms with Gasteiger partial charge >= 0.3 is 0 Å².